The van der Waals surface area contributed by atoms with E-state index in [0.29, 0.717) is 5.54 Å². The van der Waals surface area contributed by atoms with Gasteiger partial charge < -0.3 is 5.32 Å². The largest absolute Gasteiger partial charge is 0.315 e. The van der Waals surface area contributed by atoms with Crippen molar-refractivity contribution >= 4 is 0 Å². The molecule has 0 unspecified atom stereocenters. The molecule has 0 spiro atoms. The summed E-state index contributed by atoms with van der Waals surface area (Å²) in [4.78, 5) is 0. The van der Waals surface area contributed by atoms with E-state index in [2.05, 4.69) is 19.3 Å². The molecule has 0 bridgehead atoms. The van der Waals surface area contributed by atoms with Crippen LogP contribution in [-0.4, -0.2) is 12.6 Å². The van der Waals surface area contributed by atoms with Crippen molar-refractivity contribution in [1.29, 1.82) is 0 Å². The zero-order valence-electron chi connectivity index (χ0n) is 9.10. The fourth-order valence-corrected chi connectivity index (χ4v) is 3.34. The highest BCUT2D eigenvalue weighted by molar-refractivity contribution is 4.93. The lowest BCUT2D eigenvalue weighted by atomic mass is 9.65. The molecule has 1 N–H and O–H groups in total. The summed E-state index contributed by atoms with van der Waals surface area (Å²) in [5.74, 6) is 2.12. The van der Waals surface area contributed by atoms with Crippen LogP contribution in [0.1, 0.15) is 51.9 Å². The highest BCUT2D eigenvalue weighted by Gasteiger charge is 2.37. The Hall–Kier alpha value is -0.0400. The first kappa shape index (κ1) is 9.51. The minimum absolute atomic E-state index is 0.457. The first-order valence-electron chi connectivity index (χ1n) is 5.92. The summed E-state index contributed by atoms with van der Waals surface area (Å²) in [5, 5.41) is 3.51. The SMILES string of the molecule is CN[C@]1(C)CC[C@@H]2CCCC[C@H]2C1. The van der Waals surface area contributed by atoms with Crippen molar-refractivity contribution in [2.24, 2.45) is 11.8 Å². The number of fused-ring (bicyclic) bond motifs is 1. The van der Waals surface area contributed by atoms with Crippen molar-refractivity contribution < 1.29 is 0 Å². The predicted octanol–water partition coefficient (Wildman–Crippen LogP) is 2.95. The van der Waals surface area contributed by atoms with Gasteiger partial charge >= 0.3 is 0 Å². The summed E-state index contributed by atoms with van der Waals surface area (Å²) < 4.78 is 0. The van der Waals surface area contributed by atoms with E-state index in [1.165, 1.54) is 44.9 Å². The summed E-state index contributed by atoms with van der Waals surface area (Å²) in [6, 6.07) is 0. The summed E-state index contributed by atoms with van der Waals surface area (Å²) in [7, 11) is 2.13. The molecule has 0 heterocycles. The zero-order valence-corrected chi connectivity index (χ0v) is 9.10. The van der Waals surface area contributed by atoms with Crippen molar-refractivity contribution in [2.75, 3.05) is 7.05 Å². The second-order valence-electron chi connectivity index (χ2n) is 5.36. The second-order valence-corrected chi connectivity index (χ2v) is 5.36. The van der Waals surface area contributed by atoms with E-state index in [1.807, 2.05) is 0 Å². The van der Waals surface area contributed by atoms with Crippen LogP contribution in [-0.2, 0) is 0 Å². The second kappa shape index (κ2) is 3.61. The van der Waals surface area contributed by atoms with Crippen LogP contribution in [0, 0.1) is 11.8 Å². The van der Waals surface area contributed by atoms with Crippen LogP contribution in [0.5, 0.6) is 0 Å². The average molecular weight is 181 g/mol. The van der Waals surface area contributed by atoms with Gasteiger partial charge in [0.1, 0.15) is 0 Å². The van der Waals surface area contributed by atoms with Crippen LogP contribution in [0.4, 0.5) is 0 Å². The molecule has 2 fully saturated rings. The number of nitrogens with one attached hydrogen (secondary N) is 1. The lowest BCUT2D eigenvalue weighted by Gasteiger charge is -2.45. The number of hydrogen-bond donors (Lipinski definition) is 1. The number of hydrogen-bond acceptors (Lipinski definition) is 1. The van der Waals surface area contributed by atoms with Crippen molar-refractivity contribution in [3.05, 3.63) is 0 Å². The van der Waals surface area contributed by atoms with Gasteiger partial charge in [0, 0.05) is 5.54 Å². The Balaban J connectivity index is 1.98. The van der Waals surface area contributed by atoms with E-state index in [1.54, 1.807) is 0 Å². The monoisotopic (exact) mass is 181 g/mol. The van der Waals surface area contributed by atoms with Crippen LogP contribution in [0.25, 0.3) is 0 Å². The van der Waals surface area contributed by atoms with Crippen molar-refractivity contribution in [2.45, 2.75) is 57.4 Å². The molecule has 76 valence electrons. The van der Waals surface area contributed by atoms with E-state index in [9.17, 15) is 0 Å². The van der Waals surface area contributed by atoms with E-state index < -0.39 is 0 Å². The summed E-state index contributed by atoms with van der Waals surface area (Å²) in [6.45, 7) is 2.40. The predicted molar refractivity (Wildman–Crippen MR) is 56.8 cm³/mol. The number of rotatable bonds is 1. The van der Waals surface area contributed by atoms with Gasteiger partial charge in [0.2, 0.25) is 0 Å². The molecular weight excluding hydrogens is 158 g/mol. The molecule has 2 aliphatic carbocycles. The van der Waals surface area contributed by atoms with Gasteiger partial charge in [-0.25, -0.2) is 0 Å². The molecule has 0 aromatic heterocycles. The highest BCUT2D eigenvalue weighted by atomic mass is 14.9. The van der Waals surface area contributed by atoms with Gasteiger partial charge in [0.05, 0.1) is 0 Å². The quantitative estimate of drug-likeness (QED) is 0.656. The third-order valence-electron chi connectivity index (χ3n) is 4.45. The van der Waals surface area contributed by atoms with Crippen LogP contribution in [0.15, 0.2) is 0 Å². The lowest BCUT2D eigenvalue weighted by Crippen LogP contribution is -2.47. The first-order chi connectivity index (χ1) is 6.23. The Labute approximate surface area is 82.3 Å². The van der Waals surface area contributed by atoms with Crippen LogP contribution in [0.2, 0.25) is 0 Å². The maximum atomic E-state index is 3.51. The van der Waals surface area contributed by atoms with E-state index in [0.717, 1.165) is 11.8 Å². The lowest BCUT2D eigenvalue weighted by molar-refractivity contribution is 0.103. The third-order valence-corrected chi connectivity index (χ3v) is 4.45. The molecule has 1 nitrogen and oxygen atoms in total. The maximum Gasteiger partial charge on any atom is 0.0153 e. The van der Waals surface area contributed by atoms with Crippen molar-refractivity contribution in [3.8, 4) is 0 Å². The van der Waals surface area contributed by atoms with Gasteiger partial charge in [-0.2, -0.15) is 0 Å². The molecule has 0 saturated heterocycles. The van der Waals surface area contributed by atoms with Crippen LogP contribution in [0.3, 0.4) is 0 Å². The topological polar surface area (TPSA) is 12.0 Å². The van der Waals surface area contributed by atoms with E-state index in [4.69, 9.17) is 0 Å². The van der Waals surface area contributed by atoms with Crippen LogP contribution >= 0.6 is 0 Å². The minimum atomic E-state index is 0.457. The Morgan fingerprint density at radius 3 is 2.46 bits per heavy atom. The van der Waals surface area contributed by atoms with Gasteiger partial charge in [-0.15, -0.1) is 0 Å². The normalized spacial score (nSPS) is 45.7. The molecule has 0 amide bonds. The van der Waals surface area contributed by atoms with E-state index >= 15 is 0 Å². The van der Waals surface area contributed by atoms with Gasteiger partial charge in [-0.1, -0.05) is 25.7 Å². The van der Waals surface area contributed by atoms with Crippen LogP contribution < -0.4 is 5.32 Å². The highest BCUT2D eigenvalue weighted by Crippen LogP contribution is 2.43. The molecule has 2 rings (SSSR count). The third kappa shape index (κ3) is 1.90. The molecule has 3 atom stereocenters. The van der Waals surface area contributed by atoms with E-state index in [-0.39, 0.29) is 0 Å². The minimum Gasteiger partial charge on any atom is -0.315 e. The Morgan fingerprint density at radius 2 is 1.77 bits per heavy atom. The van der Waals surface area contributed by atoms with Crippen molar-refractivity contribution in [1.82, 2.24) is 5.32 Å². The Morgan fingerprint density at radius 1 is 1.08 bits per heavy atom. The van der Waals surface area contributed by atoms with Gasteiger partial charge in [-0.05, 0) is 45.1 Å². The molecular formula is C12H23N. The zero-order chi connectivity index (χ0) is 9.31. The molecule has 1 heteroatoms. The fourth-order valence-electron chi connectivity index (χ4n) is 3.34. The van der Waals surface area contributed by atoms with Gasteiger partial charge in [0.15, 0.2) is 0 Å². The fraction of sp³-hybridized carbons (Fsp3) is 1.00. The molecule has 0 aromatic rings. The smallest absolute Gasteiger partial charge is 0.0153 e. The maximum absolute atomic E-state index is 3.51. The Bertz CT molecular complexity index is 178. The first-order valence-corrected chi connectivity index (χ1v) is 5.92. The molecule has 2 saturated carbocycles. The van der Waals surface area contributed by atoms with Gasteiger partial charge in [0.25, 0.3) is 0 Å². The summed E-state index contributed by atoms with van der Waals surface area (Å²) in [5.41, 5.74) is 0.457. The summed E-state index contributed by atoms with van der Waals surface area (Å²) in [6.07, 6.45) is 10.3. The molecule has 0 aromatic carbocycles. The standard InChI is InChI=1S/C12H23N/c1-12(13-2)8-7-10-5-3-4-6-11(10)9-12/h10-11,13H,3-9H2,1-2H3/t10-,11-,12+/m0/s1. The summed E-state index contributed by atoms with van der Waals surface area (Å²) >= 11 is 0. The molecule has 0 aliphatic heterocycles. The van der Waals surface area contributed by atoms with Crippen molar-refractivity contribution in [3.63, 3.8) is 0 Å². The molecule has 2 aliphatic rings. The van der Waals surface area contributed by atoms with Gasteiger partial charge in [-0.3, -0.25) is 0 Å². The Kier molecular flexibility index (Phi) is 2.64. The average Bonchev–Trinajstić information content (AvgIpc) is 2.18. The molecule has 13 heavy (non-hydrogen) atoms. The molecule has 0 radical (unpaired) electrons.